The largest absolute Gasteiger partial charge is 0.484 e. The molecule has 1 saturated carbocycles. The second-order valence-corrected chi connectivity index (χ2v) is 3.92. The number of ether oxygens (including phenoxy) is 1. The molecule has 3 rings (SSSR count). The van der Waals surface area contributed by atoms with Gasteiger partial charge >= 0.3 is 0 Å². The summed E-state index contributed by atoms with van der Waals surface area (Å²) in [5.41, 5.74) is 5.80. The van der Waals surface area contributed by atoms with Crippen molar-refractivity contribution in [2.24, 2.45) is 11.7 Å². The first kappa shape index (κ1) is 8.05. The number of nitrogens with two attached hydrogens (primary N) is 1. The van der Waals surface area contributed by atoms with Crippen LogP contribution in [-0.2, 0) is 0 Å². The van der Waals surface area contributed by atoms with Crippen LogP contribution in [0.15, 0.2) is 16.7 Å². The molecule has 0 radical (unpaired) electrons. The molecule has 1 aromatic rings. The molecule has 14 heavy (non-hydrogen) atoms. The minimum Gasteiger partial charge on any atom is -0.484 e. The molecule has 2 heterocycles. The second kappa shape index (κ2) is 2.60. The summed E-state index contributed by atoms with van der Waals surface area (Å²) in [5, 5.41) is 0. The average Bonchev–Trinajstić information content (AvgIpc) is 2.91. The summed E-state index contributed by atoms with van der Waals surface area (Å²) in [6, 6.07) is 1.12. The van der Waals surface area contributed by atoms with Crippen molar-refractivity contribution in [2.45, 2.75) is 25.0 Å². The van der Waals surface area contributed by atoms with Crippen LogP contribution in [0.1, 0.15) is 23.4 Å². The predicted molar refractivity (Wildman–Crippen MR) is 48.2 cm³/mol. The van der Waals surface area contributed by atoms with Crippen molar-refractivity contribution in [2.75, 3.05) is 0 Å². The molecule has 1 aromatic heterocycles. The van der Waals surface area contributed by atoms with E-state index in [1.807, 2.05) is 0 Å². The Morgan fingerprint density at radius 2 is 2.21 bits per heavy atom. The normalized spacial score (nSPS) is 31.1. The zero-order valence-corrected chi connectivity index (χ0v) is 7.60. The Morgan fingerprint density at radius 1 is 1.43 bits per heavy atom. The Hall–Kier alpha value is -1.29. The van der Waals surface area contributed by atoms with Gasteiger partial charge in [-0.3, -0.25) is 4.79 Å². The van der Waals surface area contributed by atoms with Gasteiger partial charge in [0.2, 0.25) is 11.5 Å². The van der Waals surface area contributed by atoms with Crippen LogP contribution in [0.4, 0.5) is 0 Å². The molecule has 2 N–H and O–H groups in total. The van der Waals surface area contributed by atoms with Crippen LogP contribution < -0.4 is 10.5 Å². The Kier molecular flexibility index (Phi) is 1.50. The lowest BCUT2D eigenvalue weighted by Gasteiger charge is -2.27. The fraction of sp³-hybridized carbons (Fsp3) is 0.500. The van der Waals surface area contributed by atoms with E-state index in [-0.39, 0.29) is 17.6 Å². The molecule has 74 valence electrons. The number of carbonyl (C=O) groups is 1. The summed E-state index contributed by atoms with van der Waals surface area (Å²) >= 11 is 0. The fourth-order valence-corrected chi connectivity index (χ4v) is 1.90. The van der Waals surface area contributed by atoms with Gasteiger partial charge in [0.05, 0.1) is 6.26 Å². The molecular weight excluding hydrogens is 182 g/mol. The maximum atomic E-state index is 11.7. The van der Waals surface area contributed by atoms with E-state index in [9.17, 15) is 4.79 Å². The molecule has 4 nitrogen and oxygen atoms in total. The van der Waals surface area contributed by atoms with Crippen molar-refractivity contribution in [3.05, 3.63) is 18.1 Å². The number of ketones is 1. The lowest BCUT2D eigenvalue weighted by atomic mass is 9.98. The first-order valence-corrected chi connectivity index (χ1v) is 4.81. The molecule has 0 spiro atoms. The minimum absolute atomic E-state index is 0.131. The van der Waals surface area contributed by atoms with Crippen molar-refractivity contribution in [1.29, 1.82) is 0 Å². The van der Waals surface area contributed by atoms with Crippen molar-refractivity contribution < 1.29 is 13.9 Å². The van der Waals surface area contributed by atoms with Crippen molar-refractivity contribution >= 4 is 5.78 Å². The third kappa shape index (κ3) is 1.00. The summed E-state index contributed by atoms with van der Waals surface area (Å²) in [5.74, 6) is 1.15. The zero-order chi connectivity index (χ0) is 9.71. The maximum Gasteiger partial charge on any atom is 0.222 e. The highest BCUT2D eigenvalue weighted by Gasteiger charge is 2.45. The van der Waals surface area contributed by atoms with E-state index in [1.54, 1.807) is 6.07 Å². The van der Waals surface area contributed by atoms with Crippen LogP contribution in [-0.4, -0.2) is 17.9 Å². The Morgan fingerprint density at radius 3 is 2.93 bits per heavy atom. The van der Waals surface area contributed by atoms with Crippen LogP contribution in [0.25, 0.3) is 0 Å². The first-order valence-electron chi connectivity index (χ1n) is 4.81. The van der Waals surface area contributed by atoms with Gasteiger partial charge in [-0.05, 0) is 18.8 Å². The number of rotatable bonds is 1. The molecule has 0 bridgehead atoms. The van der Waals surface area contributed by atoms with Gasteiger partial charge in [-0.15, -0.1) is 0 Å². The number of hydrogen-bond acceptors (Lipinski definition) is 4. The highest BCUT2D eigenvalue weighted by Crippen LogP contribution is 2.40. The number of carbonyl (C=O) groups excluding carboxylic acids is 1. The molecular formula is C10H11NO3. The van der Waals surface area contributed by atoms with Gasteiger partial charge in [0, 0.05) is 6.07 Å². The van der Waals surface area contributed by atoms with Crippen LogP contribution in [0.3, 0.4) is 0 Å². The zero-order valence-electron chi connectivity index (χ0n) is 7.60. The summed E-state index contributed by atoms with van der Waals surface area (Å²) in [6.45, 7) is 0. The van der Waals surface area contributed by atoms with Gasteiger partial charge in [0.15, 0.2) is 5.75 Å². The van der Waals surface area contributed by atoms with Crippen molar-refractivity contribution in [3.8, 4) is 5.75 Å². The highest BCUT2D eigenvalue weighted by molar-refractivity contribution is 6.01. The molecule has 0 aromatic carbocycles. The molecule has 2 atom stereocenters. The molecule has 2 aliphatic rings. The molecule has 2 unspecified atom stereocenters. The molecule has 1 aliphatic carbocycles. The monoisotopic (exact) mass is 193 g/mol. The molecule has 4 heteroatoms. The van der Waals surface area contributed by atoms with Gasteiger partial charge in [-0.25, -0.2) is 0 Å². The van der Waals surface area contributed by atoms with E-state index in [0.717, 1.165) is 12.8 Å². The lowest BCUT2D eigenvalue weighted by Crippen LogP contribution is -2.49. The van der Waals surface area contributed by atoms with Crippen LogP contribution in [0.2, 0.25) is 0 Å². The van der Waals surface area contributed by atoms with Gasteiger partial charge in [0.1, 0.15) is 12.1 Å². The molecule has 1 fully saturated rings. The smallest absolute Gasteiger partial charge is 0.222 e. The summed E-state index contributed by atoms with van der Waals surface area (Å²) in [4.78, 5) is 11.7. The topological polar surface area (TPSA) is 65.5 Å². The summed E-state index contributed by atoms with van der Waals surface area (Å²) in [6.07, 6.45) is 3.54. The third-order valence-corrected chi connectivity index (χ3v) is 2.86. The number of furan rings is 1. The molecule has 0 saturated heterocycles. The summed E-state index contributed by atoms with van der Waals surface area (Å²) < 4.78 is 10.7. The number of Topliss-reactive ketones (excluding diaryl/α,β-unsaturated/α-hetero) is 1. The van der Waals surface area contributed by atoms with E-state index in [4.69, 9.17) is 14.9 Å². The van der Waals surface area contributed by atoms with Crippen LogP contribution >= 0.6 is 0 Å². The van der Waals surface area contributed by atoms with Crippen LogP contribution in [0, 0.1) is 5.92 Å². The van der Waals surface area contributed by atoms with Gasteiger partial charge in [-0.1, -0.05) is 0 Å². The SMILES string of the molecule is NC1C(=O)c2occc2OC1C1CC1. The van der Waals surface area contributed by atoms with Crippen LogP contribution in [0.5, 0.6) is 5.75 Å². The molecule has 1 aliphatic heterocycles. The van der Waals surface area contributed by atoms with E-state index >= 15 is 0 Å². The second-order valence-electron chi connectivity index (χ2n) is 3.92. The fourth-order valence-electron chi connectivity index (χ4n) is 1.90. The Labute approximate surface area is 81.0 Å². The van der Waals surface area contributed by atoms with E-state index < -0.39 is 6.04 Å². The summed E-state index contributed by atoms with van der Waals surface area (Å²) in [7, 11) is 0. The van der Waals surface area contributed by atoms with E-state index in [1.165, 1.54) is 6.26 Å². The predicted octanol–water partition coefficient (Wildman–Crippen LogP) is 0.961. The number of hydrogen-bond donors (Lipinski definition) is 1. The minimum atomic E-state index is -0.554. The van der Waals surface area contributed by atoms with E-state index in [2.05, 4.69) is 0 Å². The average molecular weight is 193 g/mol. The van der Waals surface area contributed by atoms with Crippen molar-refractivity contribution in [1.82, 2.24) is 0 Å². The first-order chi connectivity index (χ1) is 6.77. The lowest BCUT2D eigenvalue weighted by molar-refractivity contribution is 0.0707. The van der Waals surface area contributed by atoms with Gasteiger partial charge in [0.25, 0.3) is 0 Å². The van der Waals surface area contributed by atoms with Crippen molar-refractivity contribution in [3.63, 3.8) is 0 Å². The number of fused-ring (bicyclic) bond motifs is 1. The highest BCUT2D eigenvalue weighted by atomic mass is 16.5. The van der Waals surface area contributed by atoms with Gasteiger partial charge < -0.3 is 14.9 Å². The standard InChI is InChI=1S/C10H11NO3/c11-7-8(12)10-6(3-4-13-10)14-9(7)5-1-2-5/h3-5,7,9H,1-2,11H2. The maximum absolute atomic E-state index is 11.7. The van der Waals surface area contributed by atoms with Gasteiger partial charge in [-0.2, -0.15) is 0 Å². The van der Waals surface area contributed by atoms with E-state index in [0.29, 0.717) is 11.7 Å². The Balaban J connectivity index is 1.98. The quantitative estimate of drug-likeness (QED) is 0.721. The Bertz CT molecular complexity index is 380. The third-order valence-electron chi connectivity index (χ3n) is 2.86. The molecule has 0 amide bonds.